The van der Waals surface area contributed by atoms with Crippen LogP contribution in [0, 0.1) is 16.0 Å². The van der Waals surface area contributed by atoms with Crippen LogP contribution in [-0.4, -0.2) is 29.7 Å². The molecule has 1 aliphatic carbocycles. The highest BCUT2D eigenvalue weighted by Gasteiger charge is 2.25. The molecule has 1 fully saturated rings. The highest BCUT2D eigenvalue weighted by Crippen LogP contribution is 2.40. The number of halogens is 1. The molecular formula is C39H33ClN4O6S2. The minimum Gasteiger partial charge on any atom is -0.338 e. The number of rotatable bonds is 11. The van der Waals surface area contributed by atoms with Crippen molar-refractivity contribution < 1.29 is 22.9 Å². The van der Waals surface area contributed by atoms with Crippen molar-refractivity contribution >= 4 is 78.3 Å². The Morgan fingerprint density at radius 1 is 0.885 bits per heavy atom. The van der Waals surface area contributed by atoms with E-state index in [1.807, 2.05) is 35.1 Å². The number of thioether (sulfide) groups is 1. The molecule has 1 aliphatic rings. The molecular weight excluding hydrogens is 720 g/mol. The quantitative estimate of drug-likeness (QED) is 0.0765. The summed E-state index contributed by atoms with van der Waals surface area (Å²) in [5.74, 6) is -0.304. The largest absolute Gasteiger partial charge is 0.338 e. The van der Waals surface area contributed by atoms with Crippen LogP contribution < -0.4 is 10.0 Å². The van der Waals surface area contributed by atoms with E-state index in [0.29, 0.717) is 23.0 Å². The van der Waals surface area contributed by atoms with Gasteiger partial charge in [0.2, 0.25) is 5.91 Å². The molecule has 264 valence electrons. The molecule has 0 aliphatic heterocycles. The van der Waals surface area contributed by atoms with Crippen molar-refractivity contribution in [3.05, 3.63) is 141 Å². The third kappa shape index (κ3) is 7.41. The predicted molar refractivity (Wildman–Crippen MR) is 204 cm³/mol. The summed E-state index contributed by atoms with van der Waals surface area (Å²) in [6.07, 6.45) is 3.85. The molecule has 7 rings (SSSR count). The van der Waals surface area contributed by atoms with E-state index in [2.05, 4.69) is 40.2 Å². The lowest BCUT2D eigenvalue weighted by Crippen LogP contribution is -2.30. The van der Waals surface area contributed by atoms with Crippen LogP contribution in [0.25, 0.3) is 21.7 Å². The Morgan fingerprint density at radius 3 is 2.31 bits per heavy atom. The maximum Gasteiger partial charge on any atom is 0.269 e. The second-order valence-electron chi connectivity index (χ2n) is 12.7. The Kier molecular flexibility index (Phi) is 10.0. The molecule has 1 heterocycles. The summed E-state index contributed by atoms with van der Waals surface area (Å²) in [5, 5.41) is 17.7. The number of amides is 2. The predicted octanol–water partition coefficient (Wildman–Crippen LogP) is 8.94. The second-order valence-corrected chi connectivity index (χ2v) is 15.8. The molecule has 0 spiro atoms. The highest BCUT2D eigenvalue weighted by molar-refractivity contribution is 7.98. The average molecular weight is 753 g/mol. The van der Waals surface area contributed by atoms with Crippen molar-refractivity contribution in [1.82, 2.24) is 9.29 Å². The molecule has 2 amide bonds. The van der Waals surface area contributed by atoms with Gasteiger partial charge in [0.15, 0.2) is 0 Å². The lowest BCUT2D eigenvalue weighted by Gasteiger charge is -2.13. The van der Waals surface area contributed by atoms with Gasteiger partial charge >= 0.3 is 0 Å². The fourth-order valence-corrected chi connectivity index (χ4v) is 8.99. The summed E-state index contributed by atoms with van der Waals surface area (Å²) in [5.41, 5.74) is 3.07. The molecule has 10 nitrogen and oxygen atoms in total. The van der Waals surface area contributed by atoms with Gasteiger partial charge in [-0.3, -0.25) is 19.7 Å². The zero-order valence-corrected chi connectivity index (χ0v) is 30.1. The van der Waals surface area contributed by atoms with Crippen LogP contribution in [0.5, 0.6) is 0 Å². The first-order chi connectivity index (χ1) is 25.1. The van der Waals surface area contributed by atoms with E-state index in [4.69, 9.17) is 11.6 Å². The van der Waals surface area contributed by atoms with E-state index in [1.165, 1.54) is 0 Å². The maximum absolute atomic E-state index is 13.2. The molecule has 0 unspecified atom stereocenters. The molecule has 1 saturated carbocycles. The molecule has 5 aromatic carbocycles. The van der Waals surface area contributed by atoms with Crippen LogP contribution in [-0.2, 0) is 27.1 Å². The van der Waals surface area contributed by atoms with Gasteiger partial charge in [0.1, 0.15) is 0 Å². The van der Waals surface area contributed by atoms with Gasteiger partial charge in [-0.2, -0.15) is 0 Å². The first-order valence-corrected chi connectivity index (χ1v) is 19.5. The number of nitrogens with one attached hydrogen (secondary N) is 2. The summed E-state index contributed by atoms with van der Waals surface area (Å²) in [7, 11) is -4.27. The summed E-state index contributed by atoms with van der Waals surface area (Å²) in [6, 6.07) is 31.1. The fraction of sp³-hybridized carbons (Fsp3) is 0.179. The fourth-order valence-electron chi connectivity index (χ4n) is 6.59. The first-order valence-electron chi connectivity index (χ1n) is 16.7. The molecule has 1 aromatic heterocycles. The van der Waals surface area contributed by atoms with Crippen LogP contribution in [0.15, 0.2) is 119 Å². The average Bonchev–Trinajstić information content (AvgIpc) is 3.78. The van der Waals surface area contributed by atoms with Crippen molar-refractivity contribution in [3.63, 3.8) is 0 Å². The Bertz CT molecular complexity index is 2440. The standard InChI is InChI=1S/C39H33ClN4O6S2/c40-37-35(24-51-31-19-16-26-6-1-4-9-29(26)22-31)43(34-11-5-10-33(36(34)37)41-38(45)27-7-2-3-8-27)23-25-12-14-28(15-13-25)39(46)42-52(49,50)32-20-17-30(18-21-32)44(47)48/h1,4-6,9-22,27H,2-3,7-8,23-24H2,(H,41,45)(H,42,46). The SMILES string of the molecule is O=C(NS(=O)(=O)c1ccc([N+](=O)[O-])cc1)c1ccc(Cn2c(CSc3ccc4ccccc4c3)c(Cl)c3c(NC(=O)C4CCCC4)cccc32)cc1. The monoisotopic (exact) mass is 752 g/mol. The van der Waals surface area contributed by atoms with Crippen LogP contribution in [0.3, 0.4) is 0 Å². The summed E-state index contributed by atoms with van der Waals surface area (Å²) >= 11 is 8.87. The van der Waals surface area contributed by atoms with Crippen LogP contribution >= 0.6 is 23.4 Å². The molecule has 0 bridgehead atoms. The molecule has 0 atom stereocenters. The second kappa shape index (κ2) is 14.8. The minimum atomic E-state index is -4.27. The van der Waals surface area contributed by atoms with Crippen LogP contribution in [0.1, 0.15) is 47.3 Å². The highest BCUT2D eigenvalue weighted by atomic mass is 35.5. The Balaban J connectivity index is 1.16. The number of anilines is 1. The molecule has 0 radical (unpaired) electrons. The maximum atomic E-state index is 13.2. The van der Waals surface area contributed by atoms with Gasteiger partial charge in [0.05, 0.1) is 26.0 Å². The van der Waals surface area contributed by atoms with Crippen molar-refractivity contribution in [2.45, 2.75) is 47.8 Å². The number of benzene rings is 5. The number of nitro benzene ring substituents is 1. The van der Waals surface area contributed by atoms with Gasteiger partial charge in [0.25, 0.3) is 21.6 Å². The zero-order valence-electron chi connectivity index (χ0n) is 27.8. The van der Waals surface area contributed by atoms with Crippen LogP contribution in [0.2, 0.25) is 5.02 Å². The molecule has 13 heteroatoms. The number of carbonyl (C=O) groups is 2. The van der Waals surface area contributed by atoms with Crippen molar-refractivity contribution in [1.29, 1.82) is 0 Å². The Hall–Kier alpha value is -5.17. The van der Waals surface area contributed by atoms with E-state index in [9.17, 15) is 28.1 Å². The van der Waals surface area contributed by atoms with Gasteiger partial charge in [-0.05, 0) is 77.7 Å². The summed E-state index contributed by atoms with van der Waals surface area (Å²) in [6.45, 7) is 0.389. The van der Waals surface area contributed by atoms with Gasteiger partial charge in [-0.1, -0.05) is 73.0 Å². The number of hydrogen-bond donors (Lipinski definition) is 2. The number of nitrogens with zero attached hydrogens (tertiary/aromatic N) is 2. The number of carbonyl (C=O) groups excluding carboxylic acids is 2. The van der Waals surface area contributed by atoms with Gasteiger partial charge in [-0.25, -0.2) is 13.1 Å². The van der Waals surface area contributed by atoms with Crippen molar-refractivity contribution in [3.8, 4) is 0 Å². The summed E-state index contributed by atoms with van der Waals surface area (Å²) in [4.78, 5) is 37.3. The van der Waals surface area contributed by atoms with Gasteiger partial charge < -0.3 is 9.88 Å². The van der Waals surface area contributed by atoms with Gasteiger partial charge in [0, 0.05) is 51.9 Å². The Labute approximate surface area is 309 Å². The van der Waals surface area contributed by atoms with Gasteiger partial charge in [-0.15, -0.1) is 11.8 Å². The lowest BCUT2D eigenvalue weighted by molar-refractivity contribution is -0.384. The third-order valence-electron chi connectivity index (χ3n) is 9.35. The molecule has 6 aromatic rings. The minimum absolute atomic E-state index is 0.00497. The number of non-ortho nitro benzene ring substituents is 1. The van der Waals surface area contributed by atoms with Crippen LogP contribution in [0.4, 0.5) is 11.4 Å². The first kappa shape index (κ1) is 35.2. The number of sulfonamides is 1. The van der Waals surface area contributed by atoms with E-state index < -0.39 is 20.9 Å². The topological polar surface area (TPSA) is 140 Å². The molecule has 0 saturated heterocycles. The van der Waals surface area contributed by atoms with Crippen molar-refractivity contribution in [2.24, 2.45) is 5.92 Å². The van der Waals surface area contributed by atoms with Crippen molar-refractivity contribution in [2.75, 3.05) is 5.32 Å². The Morgan fingerprint density at radius 2 is 1.60 bits per heavy atom. The summed E-state index contributed by atoms with van der Waals surface area (Å²) < 4.78 is 29.8. The van der Waals surface area contributed by atoms with E-state index >= 15 is 0 Å². The molecule has 2 N–H and O–H groups in total. The lowest BCUT2D eigenvalue weighted by atomic mass is 10.1. The normalized spacial score (nSPS) is 13.4. The number of nitro groups is 1. The molecule has 52 heavy (non-hydrogen) atoms. The number of aromatic nitrogens is 1. The number of hydrogen-bond acceptors (Lipinski definition) is 7. The third-order valence-corrected chi connectivity index (χ3v) is 12.1. The van der Waals surface area contributed by atoms with E-state index in [1.54, 1.807) is 36.0 Å². The van der Waals surface area contributed by atoms with E-state index in [0.717, 1.165) is 87.8 Å². The zero-order chi connectivity index (χ0) is 36.4. The smallest absolute Gasteiger partial charge is 0.269 e. The van der Waals surface area contributed by atoms with E-state index in [-0.39, 0.29) is 28.0 Å². The number of fused-ring (bicyclic) bond motifs is 2.